The van der Waals surface area contributed by atoms with Gasteiger partial charge in [-0.15, -0.1) is 0 Å². The van der Waals surface area contributed by atoms with Gasteiger partial charge in [0.25, 0.3) is 0 Å². The summed E-state index contributed by atoms with van der Waals surface area (Å²) in [6, 6.07) is -0.216. The summed E-state index contributed by atoms with van der Waals surface area (Å²) in [5.74, 6) is -0.765. The Balaban J connectivity index is 2.50. The molecule has 0 bridgehead atoms. The number of carboxylic acids is 1. The number of aliphatic carboxylic acids is 1. The van der Waals surface area contributed by atoms with Crippen LogP contribution in [0.1, 0.15) is 26.2 Å². The van der Waals surface area contributed by atoms with Gasteiger partial charge in [0.15, 0.2) is 0 Å². The average molecular weight is 275 g/mol. The fraction of sp³-hybridized carbons (Fsp3) is 0.667. The Kier molecular flexibility index (Phi) is 5.02. The van der Waals surface area contributed by atoms with Gasteiger partial charge in [0.2, 0.25) is 0 Å². The zero-order valence-electron chi connectivity index (χ0n) is 10.5. The minimum Gasteiger partial charge on any atom is -0.481 e. The Morgan fingerprint density at radius 1 is 1.44 bits per heavy atom. The van der Waals surface area contributed by atoms with Crippen LogP contribution in [-0.4, -0.2) is 41.6 Å². The zero-order valence-corrected chi connectivity index (χ0v) is 11.3. The van der Waals surface area contributed by atoms with Crippen molar-refractivity contribution in [1.29, 1.82) is 0 Å². The minimum atomic E-state index is -0.765. The molecule has 0 aliphatic carbocycles. The second-order valence-corrected chi connectivity index (χ2v) is 5.14. The molecular weight excluding hydrogens is 256 g/mol. The van der Waals surface area contributed by atoms with Crippen LogP contribution in [0.25, 0.3) is 0 Å². The number of piperidine rings is 1. The smallest absolute Gasteiger partial charge is 0.317 e. The lowest BCUT2D eigenvalue weighted by Crippen LogP contribution is -2.49. The maximum absolute atomic E-state index is 11.7. The lowest BCUT2D eigenvalue weighted by molar-refractivity contribution is -0.151. The van der Waals surface area contributed by atoms with Crippen molar-refractivity contribution in [1.82, 2.24) is 10.2 Å². The third-order valence-electron chi connectivity index (χ3n) is 3.57. The van der Waals surface area contributed by atoms with E-state index in [9.17, 15) is 14.7 Å². The van der Waals surface area contributed by atoms with Crippen molar-refractivity contribution in [2.45, 2.75) is 26.2 Å². The third-order valence-corrected chi connectivity index (χ3v) is 3.70. The molecule has 0 radical (unpaired) electrons. The number of nitrogens with one attached hydrogen (secondary N) is 1. The maximum atomic E-state index is 11.7. The van der Waals surface area contributed by atoms with Gasteiger partial charge < -0.3 is 15.3 Å². The summed E-state index contributed by atoms with van der Waals surface area (Å²) in [5, 5.41) is 12.2. The molecule has 1 saturated heterocycles. The SMILES string of the molecule is C=C(Cl)CNC(=O)N1CCC(CC)(C(=O)O)CC1. The molecular formula is C12H19ClN2O3. The summed E-state index contributed by atoms with van der Waals surface area (Å²) < 4.78 is 0. The van der Waals surface area contributed by atoms with Gasteiger partial charge in [-0.05, 0) is 19.3 Å². The van der Waals surface area contributed by atoms with Gasteiger partial charge >= 0.3 is 12.0 Å². The van der Waals surface area contributed by atoms with Crippen molar-refractivity contribution in [3.8, 4) is 0 Å². The number of likely N-dealkylation sites (tertiary alicyclic amines) is 1. The highest BCUT2D eigenvalue weighted by molar-refractivity contribution is 6.29. The molecule has 0 aromatic carbocycles. The number of carbonyl (C=O) groups is 2. The molecule has 0 unspecified atom stereocenters. The molecule has 102 valence electrons. The van der Waals surface area contributed by atoms with E-state index in [0.29, 0.717) is 37.4 Å². The molecule has 1 rings (SSSR count). The van der Waals surface area contributed by atoms with Crippen LogP contribution in [0.3, 0.4) is 0 Å². The van der Waals surface area contributed by atoms with Gasteiger partial charge in [0.1, 0.15) is 0 Å². The van der Waals surface area contributed by atoms with E-state index in [4.69, 9.17) is 11.6 Å². The molecule has 1 heterocycles. The number of rotatable bonds is 4. The Morgan fingerprint density at radius 2 is 2.00 bits per heavy atom. The van der Waals surface area contributed by atoms with Crippen LogP contribution < -0.4 is 5.32 Å². The van der Waals surface area contributed by atoms with Gasteiger partial charge in [-0.1, -0.05) is 25.1 Å². The summed E-state index contributed by atoms with van der Waals surface area (Å²) >= 11 is 5.56. The van der Waals surface area contributed by atoms with E-state index < -0.39 is 11.4 Å². The highest BCUT2D eigenvalue weighted by atomic mass is 35.5. The highest BCUT2D eigenvalue weighted by Gasteiger charge is 2.40. The van der Waals surface area contributed by atoms with E-state index >= 15 is 0 Å². The van der Waals surface area contributed by atoms with Crippen molar-refractivity contribution in [2.75, 3.05) is 19.6 Å². The maximum Gasteiger partial charge on any atom is 0.317 e. The number of halogens is 1. The summed E-state index contributed by atoms with van der Waals surface area (Å²) in [4.78, 5) is 24.6. The molecule has 1 aliphatic rings. The highest BCUT2D eigenvalue weighted by Crippen LogP contribution is 2.35. The summed E-state index contributed by atoms with van der Waals surface area (Å²) in [5.41, 5.74) is -0.674. The van der Waals surface area contributed by atoms with Crippen molar-refractivity contribution >= 4 is 23.6 Å². The molecule has 5 nitrogen and oxygen atoms in total. The van der Waals surface area contributed by atoms with Gasteiger partial charge in [0.05, 0.1) is 12.0 Å². The average Bonchev–Trinajstić information content (AvgIpc) is 2.35. The largest absolute Gasteiger partial charge is 0.481 e. The second kappa shape index (κ2) is 6.09. The third kappa shape index (κ3) is 3.38. The van der Waals surface area contributed by atoms with Gasteiger partial charge in [-0.25, -0.2) is 4.79 Å². The van der Waals surface area contributed by atoms with Gasteiger partial charge in [-0.2, -0.15) is 0 Å². The number of amides is 2. The van der Waals surface area contributed by atoms with Crippen LogP contribution in [0.2, 0.25) is 0 Å². The van der Waals surface area contributed by atoms with Crippen molar-refractivity contribution in [3.63, 3.8) is 0 Å². The molecule has 0 atom stereocenters. The number of hydrogen-bond acceptors (Lipinski definition) is 2. The monoisotopic (exact) mass is 274 g/mol. The fourth-order valence-corrected chi connectivity index (χ4v) is 2.21. The zero-order chi connectivity index (χ0) is 13.8. The van der Waals surface area contributed by atoms with Crippen LogP contribution in [0.15, 0.2) is 11.6 Å². The van der Waals surface area contributed by atoms with Gasteiger partial charge in [-0.3, -0.25) is 4.79 Å². The Bertz CT molecular complexity index is 349. The van der Waals surface area contributed by atoms with E-state index in [1.807, 2.05) is 6.92 Å². The summed E-state index contributed by atoms with van der Waals surface area (Å²) in [7, 11) is 0. The molecule has 6 heteroatoms. The number of nitrogens with zero attached hydrogens (tertiary/aromatic N) is 1. The molecule has 1 fully saturated rings. The number of hydrogen-bond donors (Lipinski definition) is 2. The molecule has 2 amide bonds. The number of urea groups is 1. The Morgan fingerprint density at radius 3 is 2.39 bits per heavy atom. The molecule has 1 aliphatic heterocycles. The first-order valence-electron chi connectivity index (χ1n) is 6.01. The Hall–Kier alpha value is -1.23. The number of carbonyl (C=O) groups excluding carboxylic acids is 1. The molecule has 0 aromatic heterocycles. The fourth-order valence-electron chi connectivity index (χ4n) is 2.14. The molecule has 0 aromatic rings. The van der Waals surface area contributed by atoms with E-state index in [1.165, 1.54) is 0 Å². The quantitative estimate of drug-likeness (QED) is 0.824. The first-order chi connectivity index (χ1) is 8.41. The summed E-state index contributed by atoms with van der Waals surface area (Å²) in [6.07, 6.45) is 1.58. The van der Waals surface area contributed by atoms with Crippen LogP contribution >= 0.6 is 11.6 Å². The minimum absolute atomic E-state index is 0.216. The van der Waals surface area contributed by atoms with E-state index in [0.717, 1.165) is 0 Å². The van der Waals surface area contributed by atoms with E-state index in [1.54, 1.807) is 4.90 Å². The Labute approximate surface area is 112 Å². The first kappa shape index (κ1) is 14.8. The molecule has 18 heavy (non-hydrogen) atoms. The van der Waals surface area contributed by atoms with E-state index in [-0.39, 0.29) is 12.6 Å². The lowest BCUT2D eigenvalue weighted by atomic mass is 9.76. The molecule has 0 saturated carbocycles. The van der Waals surface area contributed by atoms with Crippen LogP contribution in [0.4, 0.5) is 4.79 Å². The van der Waals surface area contributed by atoms with Crippen LogP contribution in [0.5, 0.6) is 0 Å². The van der Waals surface area contributed by atoms with E-state index in [2.05, 4.69) is 11.9 Å². The number of carboxylic acid groups (broad SMARTS) is 1. The lowest BCUT2D eigenvalue weighted by Gasteiger charge is -2.38. The predicted molar refractivity (Wildman–Crippen MR) is 69.6 cm³/mol. The van der Waals surface area contributed by atoms with Crippen LogP contribution in [0, 0.1) is 5.41 Å². The van der Waals surface area contributed by atoms with Crippen molar-refractivity contribution < 1.29 is 14.7 Å². The normalized spacial score (nSPS) is 18.2. The predicted octanol–water partition coefficient (Wildman–Crippen LogP) is 2.03. The van der Waals surface area contributed by atoms with Gasteiger partial charge in [0, 0.05) is 18.1 Å². The standard InChI is InChI=1S/C12H19ClN2O3/c1-3-12(10(16)17)4-6-15(7-5-12)11(18)14-8-9(2)13/h2-8H2,1H3,(H,14,18)(H,16,17). The summed E-state index contributed by atoms with van der Waals surface area (Å²) in [6.45, 7) is 6.51. The molecule has 2 N–H and O–H groups in total. The van der Waals surface area contributed by atoms with Crippen molar-refractivity contribution in [2.24, 2.45) is 5.41 Å². The molecule has 0 spiro atoms. The topological polar surface area (TPSA) is 69.6 Å². The van der Waals surface area contributed by atoms with Crippen molar-refractivity contribution in [3.05, 3.63) is 11.6 Å². The van der Waals surface area contributed by atoms with Crippen LogP contribution in [-0.2, 0) is 4.79 Å². The first-order valence-corrected chi connectivity index (χ1v) is 6.38. The second-order valence-electron chi connectivity index (χ2n) is 4.60.